The van der Waals surface area contributed by atoms with E-state index in [0.29, 0.717) is 5.78 Å². The summed E-state index contributed by atoms with van der Waals surface area (Å²) < 4.78 is 0. The molecular formula is C20H38O2. The van der Waals surface area contributed by atoms with Crippen molar-refractivity contribution in [1.29, 1.82) is 0 Å². The first-order valence-corrected chi connectivity index (χ1v) is 9.70. The topological polar surface area (TPSA) is 34.1 Å². The number of Topliss-reactive ketones (excluding diaryl/α,β-unsaturated/α-hetero) is 1. The normalized spacial score (nSPS) is 10.8. The van der Waals surface area contributed by atoms with E-state index < -0.39 is 0 Å². The molecule has 0 atom stereocenters. The first-order valence-electron chi connectivity index (χ1n) is 9.70. The Morgan fingerprint density at radius 2 is 0.909 bits per heavy atom. The van der Waals surface area contributed by atoms with Crippen LogP contribution in [0.25, 0.3) is 0 Å². The maximum Gasteiger partial charge on any atom is 0.129 e. The van der Waals surface area contributed by atoms with Gasteiger partial charge in [-0.05, 0) is 19.8 Å². The average molecular weight is 311 g/mol. The molecule has 0 rings (SSSR count). The monoisotopic (exact) mass is 310 g/mol. The zero-order valence-electron chi connectivity index (χ0n) is 14.9. The van der Waals surface area contributed by atoms with Gasteiger partial charge in [-0.15, -0.1) is 0 Å². The number of carbonyl (C=O) groups excluding carboxylic acids is 2. The Balaban J connectivity index is 2.97. The van der Waals surface area contributed by atoms with E-state index in [1.165, 1.54) is 83.5 Å². The van der Waals surface area contributed by atoms with Gasteiger partial charge >= 0.3 is 0 Å². The minimum atomic E-state index is 0.334. The molecule has 130 valence electrons. The van der Waals surface area contributed by atoms with E-state index in [2.05, 4.69) is 0 Å². The second-order valence-corrected chi connectivity index (χ2v) is 6.71. The van der Waals surface area contributed by atoms with Crippen molar-refractivity contribution < 1.29 is 9.59 Å². The summed E-state index contributed by atoms with van der Waals surface area (Å²) in [6.45, 7) is 1.69. The van der Waals surface area contributed by atoms with Crippen LogP contribution in [0, 0.1) is 0 Å². The lowest BCUT2D eigenvalue weighted by Crippen LogP contribution is -1.89. The number of ketones is 1. The minimum absolute atomic E-state index is 0.334. The number of rotatable bonds is 18. The summed E-state index contributed by atoms with van der Waals surface area (Å²) in [5.41, 5.74) is 0. The van der Waals surface area contributed by atoms with Crippen molar-refractivity contribution in [2.24, 2.45) is 0 Å². The van der Waals surface area contributed by atoms with E-state index in [1.807, 2.05) is 0 Å². The third-order valence-electron chi connectivity index (χ3n) is 4.35. The van der Waals surface area contributed by atoms with E-state index in [1.54, 1.807) is 6.92 Å². The van der Waals surface area contributed by atoms with Gasteiger partial charge in [-0.2, -0.15) is 0 Å². The highest BCUT2D eigenvalue weighted by Crippen LogP contribution is 2.13. The Morgan fingerprint density at radius 1 is 0.591 bits per heavy atom. The Labute approximate surface area is 138 Å². The van der Waals surface area contributed by atoms with E-state index in [-0.39, 0.29) is 0 Å². The predicted octanol–water partition coefficient (Wildman–Crippen LogP) is 6.41. The van der Waals surface area contributed by atoms with Gasteiger partial charge in [-0.3, -0.25) is 0 Å². The van der Waals surface area contributed by atoms with Gasteiger partial charge in [-0.25, -0.2) is 0 Å². The lowest BCUT2D eigenvalue weighted by atomic mass is 10.0. The number of aldehydes is 1. The first-order chi connectivity index (χ1) is 10.8. The fourth-order valence-electron chi connectivity index (χ4n) is 2.90. The van der Waals surface area contributed by atoms with Gasteiger partial charge in [0.2, 0.25) is 0 Å². The fourth-order valence-corrected chi connectivity index (χ4v) is 2.90. The van der Waals surface area contributed by atoms with Crippen molar-refractivity contribution in [3.05, 3.63) is 0 Å². The van der Waals surface area contributed by atoms with Crippen LogP contribution < -0.4 is 0 Å². The Morgan fingerprint density at radius 3 is 1.23 bits per heavy atom. The molecule has 0 saturated carbocycles. The molecule has 0 bridgehead atoms. The Hall–Kier alpha value is -0.660. The summed E-state index contributed by atoms with van der Waals surface area (Å²) >= 11 is 0. The number of unbranched alkanes of at least 4 members (excludes halogenated alkanes) is 15. The van der Waals surface area contributed by atoms with E-state index >= 15 is 0 Å². The van der Waals surface area contributed by atoms with Crippen LogP contribution in [-0.2, 0) is 9.59 Å². The van der Waals surface area contributed by atoms with Gasteiger partial charge in [-0.1, -0.05) is 83.5 Å². The molecule has 0 aliphatic carbocycles. The second kappa shape index (κ2) is 18.4. The third-order valence-corrected chi connectivity index (χ3v) is 4.35. The van der Waals surface area contributed by atoms with Crippen molar-refractivity contribution >= 4 is 12.1 Å². The smallest absolute Gasteiger partial charge is 0.129 e. The maximum absolute atomic E-state index is 10.8. The van der Waals surface area contributed by atoms with Crippen LogP contribution in [0.2, 0.25) is 0 Å². The predicted molar refractivity (Wildman–Crippen MR) is 95.2 cm³/mol. The summed E-state index contributed by atoms with van der Waals surface area (Å²) in [7, 11) is 0. The first kappa shape index (κ1) is 21.3. The molecule has 0 amide bonds. The number of hydrogen-bond acceptors (Lipinski definition) is 2. The Bertz CT molecular complexity index is 248. The van der Waals surface area contributed by atoms with Crippen LogP contribution in [0.1, 0.15) is 116 Å². The molecule has 2 heteroatoms. The van der Waals surface area contributed by atoms with Crippen LogP contribution in [0.3, 0.4) is 0 Å². The molecule has 2 nitrogen and oxygen atoms in total. The standard InChI is InChI=1S/C20H38O2/c1-20(22)18-16-14-12-10-8-6-4-2-3-5-7-9-11-13-15-17-19-21/h19H,2-18H2,1H3. The second-order valence-electron chi connectivity index (χ2n) is 6.71. The molecule has 0 saturated heterocycles. The molecule has 0 spiro atoms. The molecule has 0 fully saturated rings. The molecule has 0 radical (unpaired) electrons. The van der Waals surface area contributed by atoms with Crippen LogP contribution in [0.15, 0.2) is 0 Å². The SMILES string of the molecule is CC(=O)CCCCCCCCCCCCCCCCCC=O. The molecule has 0 unspecified atom stereocenters. The summed E-state index contributed by atoms with van der Waals surface area (Å²) in [5.74, 6) is 0.334. The van der Waals surface area contributed by atoms with Gasteiger partial charge < -0.3 is 9.59 Å². The quantitative estimate of drug-likeness (QED) is 0.217. The lowest BCUT2D eigenvalue weighted by Gasteiger charge is -2.03. The fraction of sp³-hybridized carbons (Fsp3) is 0.900. The van der Waals surface area contributed by atoms with E-state index in [4.69, 9.17) is 0 Å². The average Bonchev–Trinajstić information content (AvgIpc) is 2.50. The molecule has 0 N–H and O–H groups in total. The molecule has 0 aliphatic heterocycles. The van der Waals surface area contributed by atoms with Crippen LogP contribution in [-0.4, -0.2) is 12.1 Å². The molecular weight excluding hydrogens is 272 g/mol. The molecule has 0 aromatic carbocycles. The molecule has 0 aromatic heterocycles. The van der Waals surface area contributed by atoms with Gasteiger partial charge in [0.15, 0.2) is 0 Å². The third kappa shape index (κ3) is 19.3. The molecule has 0 aliphatic rings. The van der Waals surface area contributed by atoms with Crippen LogP contribution >= 0.6 is 0 Å². The summed E-state index contributed by atoms with van der Waals surface area (Å²) in [6.07, 6.45) is 22.2. The molecule has 0 aromatic rings. The van der Waals surface area contributed by atoms with E-state index in [9.17, 15) is 9.59 Å². The van der Waals surface area contributed by atoms with Gasteiger partial charge in [0.1, 0.15) is 12.1 Å². The van der Waals surface area contributed by atoms with Gasteiger partial charge in [0, 0.05) is 12.8 Å². The van der Waals surface area contributed by atoms with Crippen molar-refractivity contribution in [2.75, 3.05) is 0 Å². The van der Waals surface area contributed by atoms with Crippen molar-refractivity contribution in [3.8, 4) is 0 Å². The highest BCUT2D eigenvalue weighted by atomic mass is 16.1. The highest BCUT2D eigenvalue weighted by molar-refractivity contribution is 5.75. The van der Waals surface area contributed by atoms with Crippen molar-refractivity contribution in [2.45, 2.75) is 116 Å². The zero-order chi connectivity index (χ0) is 16.3. The number of carbonyl (C=O) groups is 2. The van der Waals surface area contributed by atoms with Crippen molar-refractivity contribution in [1.82, 2.24) is 0 Å². The molecule has 22 heavy (non-hydrogen) atoms. The van der Waals surface area contributed by atoms with Crippen molar-refractivity contribution in [3.63, 3.8) is 0 Å². The zero-order valence-corrected chi connectivity index (χ0v) is 14.9. The minimum Gasteiger partial charge on any atom is -0.303 e. The summed E-state index contributed by atoms with van der Waals surface area (Å²) in [6, 6.07) is 0. The van der Waals surface area contributed by atoms with Crippen LogP contribution in [0.4, 0.5) is 0 Å². The van der Waals surface area contributed by atoms with E-state index in [0.717, 1.165) is 32.0 Å². The van der Waals surface area contributed by atoms with Gasteiger partial charge in [0.05, 0.1) is 0 Å². The highest BCUT2D eigenvalue weighted by Gasteiger charge is 1.96. The maximum atomic E-state index is 10.8. The number of hydrogen-bond donors (Lipinski definition) is 0. The largest absolute Gasteiger partial charge is 0.303 e. The lowest BCUT2D eigenvalue weighted by molar-refractivity contribution is -0.117. The summed E-state index contributed by atoms with van der Waals surface area (Å²) in [4.78, 5) is 21.0. The van der Waals surface area contributed by atoms with Gasteiger partial charge in [0.25, 0.3) is 0 Å². The Kier molecular flexibility index (Phi) is 17.8. The van der Waals surface area contributed by atoms with Crippen LogP contribution in [0.5, 0.6) is 0 Å². The molecule has 0 heterocycles. The summed E-state index contributed by atoms with van der Waals surface area (Å²) in [5, 5.41) is 0.